The highest BCUT2D eigenvalue weighted by atomic mass is 35.5. The van der Waals surface area contributed by atoms with Crippen molar-refractivity contribution in [3.63, 3.8) is 0 Å². The monoisotopic (exact) mass is 355 g/mol. The lowest BCUT2D eigenvalue weighted by molar-refractivity contribution is -0.130. The summed E-state index contributed by atoms with van der Waals surface area (Å²) in [6, 6.07) is 5.40. The van der Waals surface area contributed by atoms with Crippen LogP contribution < -0.4 is 10.1 Å². The molecular formula is C18H26ClNO4. The van der Waals surface area contributed by atoms with Gasteiger partial charge in [0, 0.05) is 30.2 Å². The van der Waals surface area contributed by atoms with Crippen LogP contribution in [0.4, 0.5) is 0 Å². The van der Waals surface area contributed by atoms with Crippen LogP contribution in [0.15, 0.2) is 18.2 Å². The van der Waals surface area contributed by atoms with E-state index < -0.39 is 6.10 Å². The number of rotatable bonds is 6. The molecule has 1 aliphatic carbocycles. The van der Waals surface area contributed by atoms with E-state index >= 15 is 0 Å². The van der Waals surface area contributed by atoms with Crippen LogP contribution in [0.25, 0.3) is 0 Å². The molecule has 1 aromatic carbocycles. The molecule has 0 unspecified atom stereocenters. The topological polar surface area (TPSA) is 67.8 Å². The van der Waals surface area contributed by atoms with E-state index in [1.807, 2.05) is 26.0 Å². The largest absolute Gasteiger partial charge is 0.491 e. The molecule has 2 N–H and O–H groups in total. The molecule has 1 aromatic rings. The fourth-order valence-electron chi connectivity index (χ4n) is 2.99. The van der Waals surface area contributed by atoms with E-state index in [1.165, 1.54) is 0 Å². The predicted octanol–water partition coefficient (Wildman–Crippen LogP) is 2.92. The fraction of sp³-hybridized carbons (Fsp3) is 0.611. The number of hydrogen-bond acceptors (Lipinski definition) is 4. The van der Waals surface area contributed by atoms with Crippen LogP contribution in [0.5, 0.6) is 5.75 Å². The van der Waals surface area contributed by atoms with Gasteiger partial charge in [0.2, 0.25) is 5.91 Å². The van der Waals surface area contributed by atoms with Crippen molar-refractivity contribution in [3.05, 3.63) is 28.8 Å². The van der Waals surface area contributed by atoms with Gasteiger partial charge in [0.15, 0.2) is 0 Å². The minimum atomic E-state index is -0.488. The maximum atomic E-state index is 12.4. The first-order valence-corrected chi connectivity index (χ1v) is 8.72. The van der Waals surface area contributed by atoms with Crippen molar-refractivity contribution in [3.8, 4) is 5.75 Å². The van der Waals surface area contributed by atoms with Gasteiger partial charge in [-0.2, -0.15) is 0 Å². The van der Waals surface area contributed by atoms with Gasteiger partial charge in [-0.25, -0.2) is 0 Å². The number of carbonyl (C=O) groups excluding carboxylic acids is 1. The number of benzene rings is 1. The SMILES string of the molecule is CO[C@@H]1C[C@H](C(=O)NCc2cc(Cl)ccc2OC(C)C)CC[C@@H]1O. The van der Waals surface area contributed by atoms with Gasteiger partial charge >= 0.3 is 0 Å². The van der Waals surface area contributed by atoms with Crippen LogP contribution >= 0.6 is 11.6 Å². The van der Waals surface area contributed by atoms with Crippen molar-refractivity contribution in [2.75, 3.05) is 7.11 Å². The Morgan fingerprint density at radius 1 is 1.42 bits per heavy atom. The third-order valence-corrected chi connectivity index (χ3v) is 4.50. The van der Waals surface area contributed by atoms with Gasteiger partial charge in [0.25, 0.3) is 0 Å². The molecule has 6 heteroatoms. The molecule has 1 amide bonds. The Morgan fingerprint density at radius 3 is 2.83 bits per heavy atom. The van der Waals surface area contributed by atoms with E-state index in [4.69, 9.17) is 21.1 Å². The number of amides is 1. The first-order chi connectivity index (χ1) is 11.4. The number of methoxy groups -OCH3 is 1. The summed E-state index contributed by atoms with van der Waals surface area (Å²) in [5.74, 6) is 0.551. The van der Waals surface area contributed by atoms with Gasteiger partial charge < -0.3 is 19.9 Å². The van der Waals surface area contributed by atoms with Crippen molar-refractivity contribution < 1.29 is 19.4 Å². The highest BCUT2D eigenvalue weighted by Crippen LogP contribution is 2.28. The van der Waals surface area contributed by atoms with Crippen LogP contribution in [0, 0.1) is 5.92 Å². The molecule has 0 spiro atoms. The highest BCUT2D eigenvalue weighted by Gasteiger charge is 2.32. The van der Waals surface area contributed by atoms with Crippen molar-refractivity contribution in [1.29, 1.82) is 0 Å². The summed E-state index contributed by atoms with van der Waals surface area (Å²) < 4.78 is 11.0. The summed E-state index contributed by atoms with van der Waals surface area (Å²) in [6.07, 6.45) is 1.06. The van der Waals surface area contributed by atoms with Crippen molar-refractivity contribution in [2.24, 2.45) is 5.92 Å². The molecule has 24 heavy (non-hydrogen) atoms. The summed E-state index contributed by atoms with van der Waals surface area (Å²) in [5, 5.41) is 13.4. The maximum Gasteiger partial charge on any atom is 0.223 e. The second-order valence-electron chi connectivity index (χ2n) is 6.49. The van der Waals surface area contributed by atoms with E-state index in [2.05, 4.69) is 5.32 Å². The lowest BCUT2D eigenvalue weighted by Gasteiger charge is -2.31. The maximum absolute atomic E-state index is 12.4. The Kier molecular flexibility index (Phi) is 6.90. The Labute approximate surface area is 148 Å². The molecule has 0 aromatic heterocycles. The van der Waals surface area contributed by atoms with Gasteiger partial charge in [-0.3, -0.25) is 4.79 Å². The first-order valence-electron chi connectivity index (χ1n) is 8.34. The zero-order valence-electron chi connectivity index (χ0n) is 14.4. The average Bonchev–Trinajstić information content (AvgIpc) is 2.54. The standard InChI is InChI=1S/C18H26ClNO4/c1-11(2)24-16-7-5-14(19)8-13(16)10-20-18(22)12-4-6-15(21)17(9-12)23-3/h5,7-8,11-12,15,17,21H,4,6,9-10H2,1-3H3,(H,20,22)/t12-,15+,17-/m1/s1. The van der Waals surface area contributed by atoms with Gasteiger partial charge in [0.05, 0.1) is 18.3 Å². The van der Waals surface area contributed by atoms with E-state index in [1.54, 1.807) is 13.2 Å². The number of hydrogen-bond donors (Lipinski definition) is 2. The second kappa shape index (κ2) is 8.70. The highest BCUT2D eigenvalue weighted by molar-refractivity contribution is 6.30. The van der Waals surface area contributed by atoms with Crippen molar-refractivity contribution in [1.82, 2.24) is 5.32 Å². The van der Waals surface area contributed by atoms with E-state index in [0.29, 0.717) is 30.8 Å². The quantitative estimate of drug-likeness (QED) is 0.823. The number of nitrogens with one attached hydrogen (secondary N) is 1. The van der Waals surface area contributed by atoms with E-state index in [9.17, 15) is 9.90 Å². The molecule has 1 saturated carbocycles. The summed E-state index contributed by atoms with van der Waals surface area (Å²) in [5.41, 5.74) is 0.851. The minimum Gasteiger partial charge on any atom is -0.491 e. The molecule has 3 atom stereocenters. The predicted molar refractivity (Wildman–Crippen MR) is 93.2 cm³/mol. The molecular weight excluding hydrogens is 330 g/mol. The summed E-state index contributed by atoms with van der Waals surface area (Å²) in [6.45, 7) is 4.27. The van der Waals surface area contributed by atoms with E-state index in [-0.39, 0.29) is 24.0 Å². The van der Waals surface area contributed by atoms with Gasteiger partial charge in [0.1, 0.15) is 5.75 Å². The summed E-state index contributed by atoms with van der Waals surface area (Å²) >= 11 is 6.06. The minimum absolute atomic E-state index is 0.0283. The molecule has 5 nitrogen and oxygen atoms in total. The van der Waals surface area contributed by atoms with Crippen LogP contribution in [0.1, 0.15) is 38.7 Å². The zero-order chi connectivity index (χ0) is 17.7. The molecule has 0 aliphatic heterocycles. The third-order valence-electron chi connectivity index (χ3n) is 4.27. The van der Waals surface area contributed by atoms with Crippen molar-refractivity contribution in [2.45, 2.75) is 58.0 Å². The molecule has 0 bridgehead atoms. The molecule has 1 fully saturated rings. The molecule has 0 radical (unpaired) electrons. The lowest BCUT2D eigenvalue weighted by Crippen LogP contribution is -2.41. The second-order valence-corrected chi connectivity index (χ2v) is 6.92. The molecule has 1 aliphatic rings. The number of ether oxygens (including phenoxy) is 2. The van der Waals surface area contributed by atoms with Crippen LogP contribution in [-0.4, -0.2) is 36.4 Å². The Morgan fingerprint density at radius 2 is 2.17 bits per heavy atom. The average molecular weight is 356 g/mol. The molecule has 0 saturated heterocycles. The van der Waals surface area contributed by atoms with Gasteiger partial charge in [-0.05, 0) is 51.3 Å². The van der Waals surface area contributed by atoms with E-state index in [0.717, 1.165) is 11.3 Å². The molecule has 134 valence electrons. The number of halogens is 1. The fourth-order valence-corrected chi connectivity index (χ4v) is 3.18. The smallest absolute Gasteiger partial charge is 0.223 e. The Balaban J connectivity index is 1.97. The molecule has 2 rings (SSSR count). The number of aliphatic hydroxyl groups is 1. The van der Waals surface area contributed by atoms with Crippen LogP contribution in [0.3, 0.4) is 0 Å². The summed E-state index contributed by atoms with van der Waals surface area (Å²) in [4.78, 5) is 12.4. The number of carbonyl (C=O) groups is 1. The Bertz CT molecular complexity index is 564. The normalized spacial score (nSPS) is 24.0. The third kappa shape index (κ3) is 5.10. The first kappa shape index (κ1) is 19.0. The summed E-state index contributed by atoms with van der Waals surface area (Å²) in [7, 11) is 1.57. The van der Waals surface area contributed by atoms with Crippen LogP contribution in [-0.2, 0) is 16.1 Å². The van der Waals surface area contributed by atoms with Crippen LogP contribution in [0.2, 0.25) is 5.02 Å². The van der Waals surface area contributed by atoms with Crippen molar-refractivity contribution >= 4 is 17.5 Å². The Hall–Kier alpha value is -1.30. The molecule has 0 heterocycles. The zero-order valence-corrected chi connectivity index (χ0v) is 15.2. The number of aliphatic hydroxyl groups excluding tert-OH is 1. The lowest BCUT2D eigenvalue weighted by atomic mass is 9.84. The van der Waals surface area contributed by atoms with Gasteiger partial charge in [-0.15, -0.1) is 0 Å². The van der Waals surface area contributed by atoms with Gasteiger partial charge in [-0.1, -0.05) is 11.6 Å².